The highest BCUT2D eigenvalue weighted by molar-refractivity contribution is 7.15. The lowest BCUT2D eigenvalue weighted by Gasteiger charge is -2.15. The van der Waals surface area contributed by atoms with Gasteiger partial charge in [-0.25, -0.2) is 4.98 Å². The van der Waals surface area contributed by atoms with Crippen LogP contribution in [0.25, 0.3) is 0 Å². The second-order valence-corrected chi connectivity index (χ2v) is 5.76. The number of aliphatic carboxylic acids is 1. The molecule has 1 atom stereocenters. The van der Waals surface area contributed by atoms with E-state index in [-0.39, 0.29) is 18.7 Å². The van der Waals surface area contributed by atoms with Crippen molar-refractivity contribution in [2.75, 3.05) is 5.32 Å². The zero-order chi connectivity index (χ0) is 13.1. The summed E-state index contributed by atoms with van der Waals surface area (Å²) in [5.74, 6) is -0.567. The summed E-state index contributed by atoms with van der Waals surface area (Å²) in [7, 11) is 0. The molecule has 0 radical (unpaired) electrons. The Kier molecular flexibility index (Phi) is 3.96. The summed E-state index contributed by atoms with van der Waals surface area (Å²) in [6, 6.07) is 0. The fourth-order valence-electron chi connectivity index (χ4n) is 2.00. The summed E-state index contributed by atoms with van der Waals surface area (Å²) in [6.45, 7) is 2.22. The number of nitrogens with zero attached hydrogens (tertiary/aromatic N) is 1. The Morgan fingerprint density at radius 3 is 3.00 bits per heavy atom. The van der Waals surface area contributed by atoms with Gasteiger partial charge in [-0.2, -0.15) is 0 Å². The van der Waals surface area contributed by atoms with E-state index in [2.05, 4.69) is 17.2 Å². The van der Waals surface area contributed by atoms with Crippen LogP contribution < -0.4 is 5.32 Å². The number of carbonyl (C=O) groups is 2. The van der Waals surface area contributed by atoms with E-state index in [4.69, 9.17) is 5.11 Å². The molecule has 1 heterocycles. The van der Waals surface area contributed by atoms with Crippen molar-refractivity contribution in [2.45, 2.75) is 39.0 Å². The van der Waals surface area contributed by atoms with E-state index in [0.717, 1.165) is 25.0 Å². The highest BCUT2D eigenvalue weighted by Gasteiger charge is 2.20. The van der Waals surface area contributed by atoms with E-state index in [1.165, 1.54) is 16.2 Å². The number of aromatic nitrogens is 1. The molecule has 1 aliphatic carbocycles. The highest BCUT2D eigenvalue weighted by atomic mass is 32.1. The summed E-state index contributed by atoms with van der Waals surface area (Å²) in [4.78, 5) is 27.5. The molecule has 1 aliphatic rings. The molecular weight excluding hydrogens is 252 g/mol. The maximum atomic E-state index is 11.5. The molecule has 0 fully saturated rings. The van der Waals surface area contributed by atoms with Gasteiger partial charge in [0.2, 0.25) is 5.91 Å². The number of aryl methyl sites for hydroxylation is 1. The Bertz CT molecular complexity index is 470. The number of hydrogen-bond donors (Lipinski definition) is 2. The molecule has 2 N–H and O–H groups in total. The summed E-state index contributed by atoms with van der Waals surface area (Å²) < 4.78 is 0. The maximum absolute atomic E-state index is 11.5. The van der Waals surface area contributed by atoms with Crippen LogP contribution in [0.3, 0.4) is 0 Å². The average Bonchev–Trinajstić information content (AvgIpc) is 2.67. The fraction of sp³-hybridized carbons (Fsp3) is 0.583. The summed E-state index contributed by atoms with van der Waals surface area (Å²) in [5.41, 5.74) is 1.09. The predicted molar refractivity (Wildman–Crippen MR) is 68.8 cm³/mol. The van der Waals surface area contributed by atoms with E-state index >= 15 is 0 Å². The highest BCUT2D eigenvalue weighted by Crippen LogP contribution is 2.32. The van der Waals surface area contributed by atoms with Gasteiger partial charge in [0.05, 0.1) is 12.1 Å². The number of nitrogens with one attached hydrogen (secondary N) is 1. The Hall–Kier alpha value is -1.43. The largest absolute Gasteiger partial charge is 0.481 e. The molecule has 5 nitrogen and oxygen atoms in total. The molecule has 1 aromatic heterocycles. The van der Waals surface area contributed by atoms with Crippen LogP contribution in [-0.4, -0.2) is 22.0 Å². The van der Waals surface area contributed by atoms with Crippen LogP contribution in [0.5, 0.6) is 0 Å². The zero-order valence-electron chi connectivity index (χ0n) is 10.2. The van der Waals surface area contributed by atoms with Gasteiger partial charge in [-0.15, -0.1) is 11.3 Å². The summed E-state index contributed by atoms with van der Waals surface area (Å²) >= 11 is 1.51. The lowest BCUT2D eigenvalue weighted by Crippen LogP contribution is -2.13. The summed E-state index contributed by atoms with van der Waals surface area (Å²) in [5, 5.41) is 11.8. The van der Waals surface area contributed by atoms with Crippen LogP contribution in [0.15, 0.2) is 0 Å². The van der Waals surface area contributed by atoms with Crippen molar-refractivity contribution in [2.24, 2.45) is 5.92 Å². The van der Waals surface area contributed by atoms with Crippen molar-refractivity contribution in [3.05, 3.63) is 10.6 Å². The van der Waals surface area contributed by atoms with E-state index in [0.29, 0.717) is 11.0 Å². The minimum Gasteiger partial charge on any atom is -0.481 e. The van der Waals surface area contributed by atoms with Crippen molar-refractivity contribution in [3.8, 4) is 0 Å². The molecule has 0 aromatic carbocycles. The number of fused-ring (bicyclic) bond motifs is 1. The first-order valence-corrected chi connectivity index (χ1v) is 6.86. The smallest absolute Gasteiger partial charge is 0.303 e. The van der Waals surface area contributed by atoms with E-state index in [1.54, 1.807) is 0 Å². The third-order valence-corrected chi connectivity index (χ3v) is 4.03. The second kappa shape index (κ2) is 5.48. The first kappa shape index (κ1) is 13.0. The van der Waals surface area contributed by atoms with Gasteiger partial charge in [0.1, 0.15) is 0 Å². The normalized spacial score (nSPS) is 18.2. The van der Waals surface area contributed by atoms with Crippen molar-refractivity contribution >= 4 is 28.3 Å². The van der Waals surface area contributed by atoms with Crippen molar-refractivity contribution in [1.29, 1.82) is 0 Å². The van der Waals surface area contributed by atoms with Crippen LogP contribution in [0, 0.1) is 5.92 Å². The third-order valence-electron chi connectivity index (χ3n) is 3.00. The molecule has 0 unspecified atom stereocenters. The Labute approximate surface area is 109 Å². The fourth-order valence-corrected chi connectivity index (χ4v) is 3.18. The Morgan fingerprint density at radius 2 is 2.28 bits per heavy atom. The van der Waals surface area contributed by atoms with Crippen LogP contribution in [0.1, 0.15) is 36.8 Å². The van der Waals surface area contributed by atoms with Crippen LogP contribution in [0.2, 0.25) is 0 Å². The molecule has 18 heavy (non-hydrogen) atoms. The minimum absolute atomic E-state index is 0.00399. The van der Waals surface area contributed by atoms with Gasteiger partial charge in [-0.1, -0.05) is 6.92 Å². The summed E-state index contributed by atoms with van der Waals surface area (Å²) in [6.07, 6.45) is 2.99. The van der Waals surface area contributed by atoms with E-state index in [1.807, 2.05) is 0 Å². The number of thiazole rings is 1. The van der Waals surface area contributed by atoms with Crippen LogP contribution in [-0.2, 0) is 22.4 Å². The number of anilines is 1. The van der Waals surface area contributed by atoms with Crippen LogP contribution >= 0.6 is 11.3 Å². The molecule has 0 spiro atoms. The van der Waals surface area contributed by atoms with Gasteiger partial charge in [0.15, 0.2) is 5.13 Å². The van der Waals surface area contributed by atoms with Gasteiger partial charge in [-0.05, 0) is 25.2 Å². The molecule has 0 bridgehead atoms. The second-order valence-electron chi connectivity index (χ2n) is 4.68. The molecule has 98 valence electrons. The number of amides is 1. The number of carbonyl (C=O) groups excluding carboxylic acids is 1. The lowest BCUT2D eigenvalue weighted by molar-refractivity contribution is -0.138. The first-order chi connectivity index (χ1) is 8.54. The molecule has 0 aliphatic heterocycles. The van der Waals surface area contributed by atoms with Crippen LogP contribution in [0.4, 0.5) is 5.13 Å². The van der Waals surface area contributed by atoms with Gasteiger partial charge in [0.25, 0.3) is 0 Å². The predicted octanol–water partition coefficient (Wildman–Crippen LogP) is 2.07. The van der Waals surface area contributed by atoms with Gasteiger partial charge >= 0.3 is 5.97 Å². The quantitative estimate of drug-likeness (QED) is 0.876. The van der Waals surface area contributed by atoms with Crippen molar-refractivity contribution in [1.82, 2.24) is 4.98 Å². The third kappa shape index (κ3) is 3.29. The van der Waals surface area contributed by atoms with E-state index in [9.17, 15) is 9.59 Å². The number of carboxylic acids is 1. The van der Waals surface area contributed by atoms with Gasteiger partial charge in [0, 0.05) is 11.3 Å². The Balaban J connectivity index is 1.94. The molecule has 1 aromatic rings. The standard InChI is InChI=1S/C12H16N2O3S/c1-7-2-3-8-9(6-7)18-12(13-8)14-10(15)4-5-11(16)17/h7H,2-6H2,1H3,(H,16,17)(H,13,14,15)/t7-/m1/s1. The zero-order valence-corrected chi connectivity index (χ0v) is 11.0. The topological polar surface area (TPSA) is 79.3 Å². The molecule has 1 amide bonds. The van der Waals surface area contributed by atoms with Crippen molar-refractivity contribution in [3.63, 3.8) is 0 Å². The molecular formula is C12H16N2O3S. The number of carboxylic acid groups (broad SMARTS) is 1. The molecule has 6 heteroatoms. The Morgan fingerprint density at radius 1 is 1.50 bits per heavy atom. The monoisotopic (exact) mass is 268 g/mol. The van der Waals surface area contributed by atoms with Gasteiger partial charge in [-0.3, -0.25) is 9.59 Å². The van der Waals surface area contributed by atoms with Gasteiger partial charge < -0.3 is 10.4 Å². The minimum atomic E-state index is -0.961. The maximum Gasteiger partial charge on any atom is 0.303 e. The molecule has 0 saturated heterocycles. The lowest BCUT2D eigenvalue weighted by atomic mass is 9.93. The average molecular weight is 268 g/mol. The SMILES string of the molecule is C[C@@H]1CCc2nc(NC(=O)CCC(=O)O)sc2C1. The van der Waals surface area contributed by atoms with Crippen molar-refractivity contribution < 1.29 is 14.7 Å². The first-order valence-electron chi connectivity index (χ1n) is 6.05. The molecule has 2 rings (SSSR count). The molecule has 0 saturated carbocycles. The number of hydrogen-bond acceptors (Lipinski definition) is 4. The van der Waals surface area contributed by atoms with E-state index < -0.39 is 5.97 Å². The number of rotatable bonds is 4.